The molecule has 0 amide bonds. The Balaban J connectivity index is 1.62. The van der Waals surface area contributed by atoms with Gasteiger partial charge in [0.2, 0.25) is 0 Å². The van der Waals surface area contributed by atoms with Gasteiger partial charge in [-0.05, 0) is 24.3 Å². The van der Waals surface area contributed by atoms with Crippen molar-refractivity contribution in [3.63, 3.8) is 0 Å². The zero-order valence-corrected chi connectivity index (χ0v) is 14.5. The molecular weight excluding hydrogens is 359 g/mol. The zero-order valence-electron chi connectivity index (χ0n) is 12.9. The van der Waals surface area contributed by atoms with Crippen molar-refractivity contribution in [3.8, 4) is 5.69 Å². The lowest BCUT2D eigenvalue weighted by atomic mass is 10.2. The van der Waals surface area contributed by atoms with Crippen molar-refractivity contribution in [1.82, 2.24) is 19.7 Å². The molecule has 25 heavy (non-hydrogen) atoms. The highest BCUT2D eigenvalue weighted by Crippen LogP contribution is 2.28. The standard InChI is InChI=1S/C18H12ClFN4S/c19-17-13(9-12-5-1-3-7-15(12)22-17)10-25-18-23-21-11-24(18)16-8-4-2-6-14(16)20/h1-9,11H,10H2. The number of hydrogen-bond donors (Lipinski definition) is 0. The maximum absolute atomic E-state index is 14.0. The molecule has 124 valence electrons. The molecule has 7 heteroatoms. The Kier molecular flexibility index (Phi) is 4.38. The van der Waals surface area contributed by atoms with E-state index in [1.165, 1.54) is 24.2 Å². The molecule has 0 spiro atoms. The van der Waals surface area contributed by atoms with E-state index in [4.69, 9.17) is 11.6 Å². The SMILES string of the molecule is Fc1ccccc1-n1cnnc1SCc1cc2ccccc2nc1Cl. The number of para-hydroxylation sites is 2. The summed E-state index contributed by atoms with van der Waals surface area (Å²) in [5, 5.41) is 10.1. The summed E-state index contributed by atoms with van der Waals surface area (Å²) >= 11 is 7.73. The number of thioether (sulfide) groups is 1. The van der Waals surface area contributed by atoms with Crippen molar-refractivity contribution >= 4 is 34.3 Å². The summed E-state index contributed by atoms with van der Waals surface area (Å²) in [6, 6.07) is 16.3. The smallest absolute Gasteiger partial charge is 0.196 e. The number of benzene rings is 2. The summed E-state index contributed by atoms with van der Waals surface area (Å²) in [7, 11) is 0. The van der Waals surface area contributed by atoms with Gasteiger partial charge in [-0.2, -0.15) is 0 Å². The van der Waals surface area contributed by atoms with Crippen LogP contribution >= 0.6 is 23.4 Å². The van der Waals surface area contributed by atoms with Crippen LogP contribution in [0.25, 0.3) is 16.6 Å². The predicted octanol–water partition coefficient (Wildman–Crippen LogP) is 4.90. The van der Waals surface area contributed by atoms with Crippen LogP contribution in [-0.4, -0.2) is 19.7 Å². The largest absolute Gasteiger partial charge is 0.274 e. The highest BCUT2D eigenvalue weighted by molar-refractivity contribution is 7.98. The van der Waals surface area contributed by atoms with E-state index in [2.05, 4.69) is 15.2 Å². The van der Waals surface area contributed by atoms with E-state index >= 15 is 0 Å². The number of rotatable bonds is 4. The fourth-order valence-electron chi connectivity index (χ4n) is 2.51. The first kappa shape index (κ1) is 16.1. The third-order valence-corrected chi connectivity index (χ3v) is 5.05. The molecule has 0 aliphatic carbocycles. The lowest BCUT2D eigenvalue weighted by Crippen LogP contribution is -1.98. The van der Waals surface area contributed by atoms with E-state index in [0.717, 1.165) is 16.5 Å². The summed E-state index contributed by atoms with van der Waals surface area (Å²) in [5.74, 6) is 0.235. The van der Waals surface area contributed by atoms with Gasteiger partial charge in [-0.15, -0.1) is 10.2 Å². The molecule has 0 saturated carbocycles. The van der Waals surface area contributed by atoms with Crippen molar-refractivity contribution < 1.29 is 4.39 Å². The first-order valence-corrected chi connectivity index (χ1v) is 8.90. The minimum Gasteiger partial charge on any atom is -0.274 e. The molecule has 0 saturated heterocycles. The van der Waals surface area contributed by atoms with Gasteiger partial charge in [0.15, 0.2) is 5.16 Å². The van der Waals surface area contributed by atoms with E-state index in [1.54, 1.807) is 22.8 Å². The van der Waals surface area contributed by atoms with Crippen molar-refractivity contribution in [2.75, 3.05) is 0 Å². The molecule has 0 fully saturated rings. The molecule has 4 rings (SSSR count). The number of pyridine rings is 1. The van der Waals surface area contributed by atoms with E-state index in [1.807, 2.05) is 30.3 Å². The Bertz CT molecular complexity index is 1050. The first-order valence-electron chi connectivity index (χ1n) is 7.54. The molecule has 0 aliphatic rings. The Hall–Kier alpha value is -2.44. The van der Waals surface area contributed by atoms with Gasteiger partial charge >= 0.3 is 0 Å². The third kappa shape index (κ3) is 3.23. The summed E-state index contributed by atoms with van der Waals surface area (Å²) in [6.45, 7) is 0. The second-order valence-electron chi connectivity index (χ2n) is 5.35. The van der Waals surface area contributed by atoms with Crippen molar-refractivity contribution in [2.45, 2.75) is 10.9 Å². The van der Waals surface area contributed by atoms with Crippen LogP contribution in [0.2, 0.25) is 5.15 Å². The second-order valence-corrected chi connectivity index (χ2v) is 6.66. The molecule has 0 aliphatic heterocycles. The number of halogens is 2. The van der Waals surface area contributed by atoms with E-state index in [0.29, 0.717) is 21.7 Å². The summed E-state index contributed by atoms with van der Waals surface area (Å²) in [4.78, 5) is 4.42. The highest BCUT2D eigenvalue weighted by atomic mass is 35.5. The van der Waals surface area contributed by atoms with Gasteiger partial charge in [-0.25, -0.2) is 9.37 Å². The Morgan fingerprint density at radius 2 is 1.88 bits per heavy atom. The normalized spacial score (nSPS) is 11.1. The quantitative estimate of drug-likeness (QED) is 0.378. The predicted molar refractivity (Wildman–Crippen MR) is 97.6 cm³/mol. The van der Waals surface area contributed by atoms with Crippen LogP contribution in [0.5, 0.6) is 0 Å². The molecule has 2 heterocycles. The average molecular weight is 371 g/mol. The number of hydrogen-bond acceptors (Lipinski definition) is 4. The van der Waals surface area contributed by atoms with Gasteiger partial charge in [0.05, 0.1) is 11.2 Å². The molecule has 2 aromatic carbocycles. The maximum Gasteiger partial charge on any atom is 0.196 e. The van der Waals surface area contributed by atoms with Crippen LogP contribution in [0.1, 0.15) is 5.56 Å². The van der Waals surface area contributed by atoms with E-state index in [9.17, 15) is 4.39 Å². The Labute approximate surface area is 152 Å². The van der Waals surface area contributed by atoms with Crippen molar-refractivity contribution in [1.29, 1.82) is 0 Å². The van der Waals surface area contributed by atoms with Gasteiger partial charge in [0, 0.05) is 16.7 Å². The minimum atomic E-state index is -0.324. The molecular formula is C18H12ClFN4S. The second kappa shape index (κ2) is 6.82. The van der Waals surface area contributed by atoms with E-state index in [-0.39, 0.29) is 5.82 Å². The van der Waals surface area contributed by atoms with Crippen LogP contribution in [-0.2, 0) is 5.75 Å². The van der Waals surface area contributed by atoms with Crippen molar-refractivity contribution in [3.05, 3.63) is 77.5 Å². The lowest BCUT2D eigenvalue weighted by molar-refractivity contribution is 0.613. The molecule has 0 N–H and O–H groups in total. The van der Waals surface area contributed by atoms with Crippen LogP contribution in [0.4, 0.5) is 4.39 Å². The van der Waals surface area contributed by atoms with Crippen LogP contribution in [0.15, 0.2) is 66.1 Å². The average Bonchev–Trinajstić information content (AvgIpc) is 3.08. The minimum absolute atomic E-state index is 0.324. The van der Waals surface area contributed by atoms with Gasteiger partial charge < -0.3 is 0 Å². The lowest BCUT2D eigenvalue weighted by Gasteiger charge is -2.08. The Morgan fingerprint density at radius 3 is 2.76 bits per heavy atom. The molecule has 0 atom stereocenters. The summed E-state index contributed by atoms with van der Waals surface area (Å²) < 4.78 is 15.6. The summed E-state index contributed by atoms with van der Waals surface area (Å²) in [5.41, 5.74) is 2.17. The van der Waals surface area contributed by atoms with Crippen molar-refractivity contribution in [2.24, 2.45) is 0 Å². The topological polar surface area (TPSA) is 43.6 Å². The maximum atomic E-state index is 14.0. The van der Waals surface area contributed by atoms with E-state index < -0.39 is 0 Å². The fraction of sp³-hybridized carbons (Fsp3) is 0.0556. The van der Waals surface area contributed by atoms with Crippen LogP contribution < -0.4 is 0 Å². The number of nitrogens with zero attached hydrogens (tertiary/aromatic N) is 4. The summed E-state index contributed by atoms with van der Waals surface area (Å²) in [6.07, 6.45) is 1.50. The molecule has 0 bridgehead atoms. The van der Waals surface area contributed by atoms with Gasteiger partial charge in [-0.3, -0.25) is 4.57 Å². The van der Waals surface area contributed by atoms with Gasteiger partial charge in [0.1, 0.15) is 17.3 Å². The fourth-order valence-corrected chi connectivity index (χ4v) is 3.70. The number of aromatic nitrogens is 4. The van der Waals surface area contributed by atoms with Crippen LogP contribution in [0.3, 0.4) is 0 Å². The monoisotopic (exact) mass is 370 g/mol. The highest BCUT2D eigenvalue weighted by Gasteiger charge is 2.12. The van der Waals surface area contributed by atoms with Gasteiger partial charge in [-0.1, -0.05) is 53.7 Å². The first-order chi connectivity index (χ1) is 12.2. The molecule has 0 radical (unpaired) electrons. The Morgan fingerprint density at radius 1 is 1.08 bits per heavy atom. The molecule has 4 nitrogen and oxygen atoms in total. The van der Waals surface area contributed by atoms with Crippen LogP contribution in [0, 0.1) is 5.82 Å². The van der Waals surface area contributed by atoms with Gasteiger partial charge in [0.25, 0.3) is 0 Å². The number of fused-ring (bicyclic) bond motifs is 1. The molecule has 4 aromatic rings. The third-order valence-electron chi connectivity index (χ3n) is 3.74. The zero-order chi connectivity index (χ0) is 17.2. The molecule has 0 unspecified atom stereocenters. The molecule has 2 aromatic heterocycles.